The number of benzene rings is 1. The molecule has 3 atom stereocenters. The van der Waals surface area contributed by atoms with Crippen LogP contribution >= 0.6 is 0 Å². The third-order valence-electron chi connectivity index (χ3n) is 4.67. The highest BCUT2D eigenvalue weighted by molar-refractivity contribution is 5.88. The molecule has 7 heteroatoms. The molecule has 4 N–H and O–H groups in total. The number of nitrogens with zero attached hydrogens (tertiary/aromatic N) is 1. The Kier molecular flexibility index (Phi) is 6.28. The van der Waals surface area contributed by atoms with E-state index in [2.05, 4.69) is 22.2 Å². The summed E-state index contributed by atoms with van der Waals surface area (Å²) in [7, 11) is 0. The lowest BCUT2D eigenvalue weighted by Crippen LogP contribution is -2.32. The van der Waals surface area contributed by atoms with E-state index in [1.54, 1.807) is 24.5 Å². The van der Waals surface area contributed by atoms with Crippen LogP contribution in [0.1, 0.15) is 31.1 Å². The van der Waals surface area contributed by atoms with Crippen molar-refractivity contribution in [3.63, 3.8) is 0 Å². The van der Waals surface area contributed by atoms with Gasteiger partial charge < -0.3 is 25.3 Å². The zero-order valence-corrected chi connectivity index (χ0v) is 15.9. The lowest BCUT2D eigenvalue weighted by molar-refractivity contribution is -0.144. The number of pyridine rings is 1. The van der Waals surface area contributed by atoms with Crippen LogP contribution in [0.25, 0.3) is 10.9 Å². The summed E-state index contributed by atoms with van der Waals surface area (Å²) >= 11 is 0. The Morgan fingerprint density at radius 1 is 1.29 bits per heavy atom. The van der Waals surface area contributed by atoms with Gasteiger partial charge in [-0.15, -0.1) is 0 Å². The zero-order valence-electron chi connectivity index (χ0n) is 15.9. The van der Waals surface area contributed by atoms with E-state index in [4.69, 9.17) is 9.84 Å². The van der Waals surface area contributed by atoms with Crippen LogP contribution in [-0.4, -0.2) is 44.8 Å². The van der Waals surface area contributed by atoms with Gasteiger partial charge in [0.1, 0.15) is 5.75 Å². The molecular formula is C21H25N3O4. The first-order valence-electron chi connectivity index (χ1n) is 9.25. The van der Waals surface area contributed by atoms with Crippen molar-refractivity contribution in [3.8, 4) is 5.75 Å². The molecular weight excluding hydrogens is 358 g/mol. The second-order valence-corrected chi connectivity index (χ2v) is 6.91. The van der Waals surface area contributed by atoms with E-state index in [0.29, 0.717) is 12.3 Å². The smallest absolute Gasteiger partial charge is 0.344 e. The predicted molar refractivity (Wildman–Crippen MR) is 106 cm³/mol. The van der Waals surface area contributed by atoms with Crippen LogP contribution in [-0.2, 0) is 11.2 Å². The zero-order chi connectivity index (χ0) is 20.1. The Hall–Kier alpha value is -2.90. The highest BCUT2D eigenvalue weighted by Gasteiger charge is 2.17. The monoisotopic (exact) mass is 383 g/mol. The van der Waals surface area contributed by atoms with Crippen LogP contribution < -0.4 is 10.1 Å². The number of carboxylic acid groups (broad SMARTS) is 1. The number of nitrogens with one attached hydrogen (secondary N) is 2. The fourth-order valence-electron chi connectivity index (χ4n) is 3.10. The standard InChI is InChI=1S/C21H25N3O4/c1-13(23-12-18(25)15-5-4-8-22-10-15)9-16-11-24-20-17(16)6-3-7-19(20)28-14(2)21(26)27/h3-8,10-11,13-14,18,23-25H,9,12H2,1-2H3,(H,26,27)/t13-,14+,18-/m1/s1. The number of aliphatic hydroxyl groups excluding tert-OH is 1. The first-order valence-corrected chi connectivity index (χ1v) is 9.25. The van der Waals surface area contributed by atoms with E-state index >= 15 is 0 Å². The van der Waals surface area contributed by atoms with Gasteiger partial charge in [-0.2, -0.15) is 0 Å². The van der Waals surface area contributed by atoms with Crippen LogP contribution in [0.3, 0.4) is 0 Å². The van der Waals surface area contributed by atoms with Gasteiger partial charge in [-0.25, -0.2) is 4.79 Å². The summed E-state index contributed by atoms with van der Waals surface area (Å²) in [5.41, 5.74) is 2.66. The number of fused-ring (bicyclic) bond motifs is 1. The number of carbonyl (C=O) groups is 1. The summed E-state index contributed by atoms with van der Waals surface area (Å²) in [6.45, 7) is 3.99. The number of ether oxygens (including phenoxy) is 1. The molecule has 0 radical (unpaired) electrons. The molecule has 2 heterocycles. The highest BCUT2D eigenvalue weighted by Crippen LogP contribution is 2.28. The molecule has 148 valence electrons. The van der Waals surface area contributed by atoms with Crippen LogP contribution in [0.5, 0.6) is 5.75 Å². The molecule has 0 aliphatic carbocycles. The van der Waals surface area contributed by atoms with Crippen molar-refractivity contribution < 1.29 is 19.7 Å². The number of carboxylic acids is 1. The van der Waals surface area contributed by atoms with Crippen molar-refractivity contribution in [2.24, 2.45) is 0 Å². The molecule has 0 spiro atoms. The minimum Gasteiger partial charge on any atom is -0.479 e. The van der Waals surface area contributed by atoms with Gasteiger partial charge in [0.25, 0.3) is 0 Å². The molecule has 0 aliphatic heterocycles. The van der Waals surface area contributed by atoms with Crippen molar-refractivity contribution in [1.82, 2.24) is 15.3 Å². The summed E-state index contributed by atoms with van der Waals surface area (Å²) in [5.74, 6) is -0.486. The van der Waals surface area contributed by atoms with Crippen molar-refractivity contribution in [1.29, 1.82) is 0 Å². The molecule has 7 nitrogen and oxygen atoms in total. The van der Waals surface area contributed by atoms with Crippen molar-refractivity contribution >= 4 is 16.9 Å². The summed E-state index contributed by atoms with van der Waals surface area (Å²) in [6.07, 6.45) is 4.47. The topological polar surface area (TPSA) is 107 Å². The van der Waals surface area contributed by atoms with Gasteiger partial charge in [0, 0.05) is 42.1 Å². The molecule has 0 aliphatic rings. The molecule has 0 bridgehead atoms. The van der Waals surface area contributed by atoms with Crippen LogP contribution in [0, 0.1) is 0 Å². The maximum Gasteiger partial charge on any atom is 0.344 e. The molecule has 2 aromatic heterocycles. The van der Waals surface area contributed by atoms with Gasteiger partial charge in [-0.1, -0.05) is 18.2 Å². The fraction of sp³-hybridized carbons (Fsp3) is 0.333. The van der Waals surface area contributed by atoms with Crippen LogP contribution in [0.4, 0.5) is 0 Å². The fourth-order valence-corrected chi connectivity index (χ4v) is 3.10. The molecule has 0 fully saturated rings. The second kappa shape index (κ2) is 8.86. The van der Waals surface area contributed by atoms with Gasteiger partial charge in [-0.3, -0.25) is 4.98 Å². The molecule has 0 saturated heterocycles. The quantitative estimate of drug-likeness (QED) is 0.453. The third-order valence-corrected chi connectivity index (χ3v) is 4.67. The Morgan fingerprint density at radius 3 is 2.82 bits per heavy atom. The number of H-pyrrole nitrogens is 1. The Bertz CT molecular complexity index is 926. The number of aliphatic carboxylic acids is 1. The van der Waals surface area contributed by atoms with E-state index < -0.39 is 18.2 Å². The minimum absolute atomic E-state index is 0.132. The molecule has 3 aromatic rings. The average molecular weight is 383 g/mol. The number of hydrogen-bond acceptors (Lipinski definition) is 5. The maximum atomic E-state index is 11.1. The van der Waals surface area contributed by atoms with Gasteiger partial charge in [0.2, 0.25) is 0 Å². The summed E-state index contributed by atoms with van der Waals surface area (Å²) in [5, 5.41) is 23.7. The van der Waals surface area contributed by atoms with E-state index in [9.17, 15) is 9.90 Å². The maximum absolute atomic E-state index is 11.1. The predicted octanol–water partition coefficient (Wildman–Crippen LogP) is 2.67. The van der Waals surface area contributed by atoms with Crippen LogP contribution in [0.2, 0.25) is 0 Å². The number of aromatic nitrogens is 2. The SMILES string of the molecule is C[C@H](Cc1c[nH]c2c(O[C@@H](C)C(=O)O)cccc12)NC[C@@H](O)c1cccnc1. The van der Waals surface area contributed by atoms with E-state index in [1.807, 2.05) is 24.4 Å². The second-order valence-electron chi connectivity index (χ2n) is 6.91. The van der Waals surface area contributed by atoms with Gasteiger partial charge in [0.05, 0.1) is 11.6 Å². The Morgan fingerprint density at radius 2 is 2.11 bits per heavy atom. The molecule has 0 unspecified atom stereocenters. The molecule has 3 rings (SSSR count). The summed E-state index contributed by atoms with van der Waals surface area (Å²) in [4.78, 5) is 18.3. The van der Waals surface area contributed by atoms with Crippen molar-refractivity contribution in [3.05, 3.63) is 60.0 Å². The van der Waals surface area contributed by atoms with Gasteiger partial charge >= 0.3 is 5.97 Å². The highest BCUT2D eigenvalue weighted by atomic mass is 16.5. The first kappa shape index (κ1) is 19.9. The van der Waals surface area contributed by atoms with E-state index in [-0.39, 0.29) is 6.04 Å². The normalized spacial score (nSPS) is 14.5. The number of rotatable bonds is 9. The Labute approximate surface area is 163 Å². The first-order chi connectivity index (χ1) is 13.5. The molecule has 0 saturated carbocycles. The third kappa shape index (κ3) is 4.68. The number of aromatic amines is 1. The molecule has 0 amide bonds. The molecule has 1 aromatic carbocycles. The summed E-state index contributed by atoms with van der Waals surface area (Å²) in [6, 6.07) is 9.38. The summed E-state index contributed by atoms with van der Waals surface area (Å²) < 4.78 is 5.55. The molecule has 28 heavy (non-hydrogen) atoms. The van der Waals surface area contributed by atoms with Crippen molar-refractivity contribution in [2.75, 3.05) is 6.54 Å². The van der Waals surface area contributed by atoms with Gasteiger partial charge in [0.15, 0.2) is 6.10 Å². The number of para-hydroxylation sites is 1. The van der Waals surface area contributed by atoms with E-state index in [0.717, 1.165) is 28.5 Å². The lowest BCUT2D eigenvalue weighted by Gasteiger charge is -2.17. The largest absolute Gasteiger partial charge is 0.479 e. The van der Waals surface area contributed by atoms with Crippen LogP contribution in [0.15, 0.2) is 48.9 Å². The number of aliphatic hydroxyl groups is 1. The van der Waals surface area contributed by atoms with Gasteiger partial charge in [-0.05, 0) is 38.0 Å². The Balaban J connectivity index is 1.65. The average Bonchev–Trinajstić information content (AvgIpc) is 3.10. The number of hydrogen-bond donors (Lipinski definition) is 4. The lowest BCUT2D eigenvalue weighted by atomic mass is 10.1. The minimum atomic E-state index is -1.01. The van der Waals surface area contributed by atoms with E-state index in [1.165, 1.54) is 6.92 Å². The van der Waals surface area contributed by atoms with Crippen molar-refractivity contribution in [2.45, 2.75) is 38.5 Å².